The molecule has 1 aliphatic carbocycles. The number of benzene rings is 1. The van der Waals surface area contributed by atoms with Gasteiger partial charge in [-0.25, -0.2) is 0 Å². The fourth-order valence-electron chi connectivity index (χ4n) is 3.21. The number of carbonyl (C=O) groups excluding carboxylic acids is 1. The second-order valence-electron chi connectivity index (χ2n) is 6.49. The van der Waals surface area contributed by atoms with Gasteiger partial charge < -0.3 is 5.73 Å². The first kappa shape index (κ1) is 15.2. The van der Waals surface area contributed by atoms with Gasteiger partial charge in [0.2, 0.25) is 0 Å². The summed E-state index contributed by atoms with van der Waals surface area (Å²) >= 11 is 0. The summed E-state index contributed by atoms with van der Waals surface area (Å²) in [6.07, 6.45) is 4.74. The van der Waals surface area contributed by atoms with Crippen molar-refractivity contribution < 1.29 is 4.79 Å². The maximum atomic E-state index is 12.3. The van der Waals surface area contributed by atoms with Gasteiger partial charge in [0.25, 0.3) is 0 Å². The molecular weight excluding hydrogens is 246 g/mol. The van der Waals surface area contributed by atoms with Crippen LogP contribution in [-0.2, 0) is 4.79 Å². The molecule has 0 spiro atoms. The third kappa shape index (κ3) is 3.92. The summed E-state index contributed by atoms with van der Waals surface area (Å²) in [5.41, 5.74) is 7.30. The minimum Gasteiger partial charge on any atom is -0.324 e. The van der Waals surface area contributed by atoms with Crippen molar-refractivity contribution in [2.45, 2.75) is 52.0 Å². The van der Waals surface area contributed by atoms with Crippen LogP contribution < -0.4 is 5.73 Å². The molecule has 0 amide bonds. The SMILES string of the molecule is CC1CCC(C(=O)CCC(N)c2ccccc2)CC1C. The second kappa shape index (κ2) is 7.03. The topological polar surface area (TPSA) is 43.1 Å². The van der Waals surface area contributed by atoms with Crippen LogP contribution in [0, 0.1) is 17.8 Å². The van der Waals surface area contributed by atoms with Crippen LogP contribution >= 0.6 is 0 Å². The van der Waals surface area contributed by atoms with Crippen LogP contribution in [0.4, 0.5) is 0 Å². The number of rotatable bonds is 5. The fourth-order valence-corrected chi connectivity index (χ4v) is 3.21. The van der Waals surface area contributed by atoms with Crippen LogP contribution in [0.3, 0.4) is 0 Å². The van der Waals surface area contributed by atoms with Crippen molar-refractivity contribution in [3.8, 4) is 0 Å². The molecule has 1 aliphatic rings. The Balaban J connectivity index is 1.80. The van der Waals surface area contributed by atoms with Crippen molar-refractivity contribution in [3.05, 3.63) is 35.9 Å². The zero-order valence-electron chi connectivity index (χ0n) is 12.7. The van der Waals surface area contributed by atoms with E-state index in [4.69, 9.17) is 5.73 Å². The molecule has 4 atom stereocenters. The predicted molar refractivity (Wildman–Crippen MR) is 83.3 cm³/mol. The average Bonchev–Trinajstić information content (AvgIpc) is 2.48. The highest BCUT2D eigenvalue weighted by Gasteiger charge is 2.28. The standard InChI is InChI=1S/C18H27NO/c1-13-8-9-16(12-14(13)2)18(20)11-10-17(19)15-6-4-3-5-7-15/h3-7,13-14,16-17H,8-12,19H2,1-2H3. The minimum atomic E-state index is -0.0138. The fraction of sp³-hybridized carbons (Fsp3) is 0.611. The lowest BCUT2D eigenvalue weighted by atomic mass is 9.73. The molecule has 2 N–H and O–H groups in total. The van der Waals surface area contributed by atoms with Crippen molar-refractivity contribution in [2.75, 3.05) is 0 Å². The molecule has 0 radical (unpaired) electrons. The van der Waals surface area contributed by atoms with Gasteiger partial charge in [0.1, 0.15) is 5.78 Å². The molecule has 110 valence electrons. The molecule has 2 nitrogen and oxygen atoms in total. The van der Waals surface area contributed by atoms with Gasteiger partial charge in [0.05, 0.1) is 0 Å². The summed E-state index contributed by atoms with van der Waals surface area (Å²) in [6, 6.07) is 10.1. The summed E-state index contributed by atoms with van der Waals surface area (Å²) in [6.45, 7) is 4.58. The van der Waals surface area contributed by atoms with Gasteiger partial charge in [-0.2, -0.15) is 0 Å². The average molecular weight is 273 g/mol. The Morgan fingerprint density at radius 1 is 1.20 bits per heavy atom. The summed E-state index contributed by atoms with van der Waals surface area (Å²) in [5, 5.41) is 0. The zero-order valence-corrected chi connectivity index (χ0v) is 12.7. The van der Waals surface area contributed by atoms with E-state index in [0.717, 1.165) is 30.7 Å². The van der Waals surface area contributed by atoms with Gasteiger partial charge in [-0.3, -0.25) is 4.79 Å². The van der Waals surface area contributed by atoms with Gasteiger partial charge in [-0.1, -0.05) is 44.2 Å². The summed E-state index contributed by atoms with van der Waals surface area (Å²) < 4.78 is 0. The number of ketones is 1. The van der Waals surface area contributed by atoms with E-state index in [9.17, 15) is 4.79 Å². The van der Waals surface area contributed by atoms with Crippen molar-refractivity contribution in [3.63, 3.8) is 0 Å². The number of carbonyl (C=O) groups is 1. The first-order chi connectivity index (χ1) is 9.58. The highest BCUT2D eigenvalue weighted by molar-refractivity contribution is 5.81. The molecule has 1 saturated carbocycles. The Kier molecular flexibility index (Phi) is 5.36. The smallest absolute Gasteiger partial charge is 0.136 e. The van der Waals surface area contributed by atoms with Crippen molar-refractivity contribution in [1.29, 1.82) is 0 Å². The van der Waals surface area contributed by atoms with E-state index in [0.29, 0.717) is 18.1 Å². The third-order valence-electron chi connectivity index (χ3n) is 4.98. The van der Waals surface area contributed by atoms with Gasteiger partial charge >= 0.3 is 0 Å². The Labute approximate surface area is 122 Å². The molecule has 20 heavy (non-hydrogen) atoms. The maximum Gasteiger partial charge on any atom is 0.136 e. The Morgan fingerprint density at radius 3 is 2.55 bits per heavy atom. The van der Waals surface area contributed by atoms with Gasteiger partial charge in [0.15, 0.2) is 0 Å². The van der Waals surface area contributed by atoms with Gasteiger partial charge in [-0.05, 0) is 43.1 Å². The highest BCUT2D eigenvalue weighted by atomic mass is 16.1. The van der Waals surface area contributed by atoms with Crippen LogP contribution in [0.5, 0.6) is 0 Å². The first-order valence-electron chi connectivity index (χ1n) is 7.91. The Morgan fingerprint density at radius 2 is 1.90 bits per heavy atom. The number of nitrogens with two attached hydrogens (primary N) is 1. The highest BCUT2D eigenvalue weighted by Crippen LogP contribution is 2.34. The molecule has 0 aromatic heterocycles. The predicted octanol–water partition coefficient (Wildman–Crippen LogP) is 4.11. The number of hydrogen-bond acceptors (Lipinski definition) is 2. The summed E-state index contributed by atoms with van der Waals surface area (Å²) in [5.74, 6) is 2.16. The monoisotopic (exact) mass is 273 g/mol. The van der Waals surface area contributed by atoms with Crippen LogP contribution in [0.25, 0.3) is 0 Å². The molecule has 0 aliphatic heterocycles. The molecule has 2 heteroatoms. The molecule has 0 heterocycles. The van der Waals surface area contributed by atoms with E-state index in [-0.39, 0.29) is 12.0 Å². The molecule has 1 aromatic rings. The molecule has 1 fully saturated rings. The lowest BCUT2D eigenvalue weighted by molar-refractivity contribution is -0.124. The Bertz CT molecular complexity index is 428. The summed E-state index contributed by atoms with van der Waals surface area (Å²) in [4.78, 5) is 12.3. The van der Waals surface area contributed by atoms with Crippen LogP contribution in [0.15, 0.2) is 30.3 Å². The van der Waals surface area contributed by atoms with Gasteiger partial charge in [0, 0.05) is 18.4 Å². The van der Waals surface area contributed by atoms with E-state index in [1.54, 1.807) is 0 Å². The third-order valence-corrected chi connectivity index (χ3v) is 4.98. The molecule has 0 saturated heterocycles. The molecular formula is C18H27NO. The van der Waals surface area contributed by atoms with Gasteiger partial charge in [-0.15, -0.1) is 0 Å². The van der Waals surface area contributed by atoms with E-state index in [2.05, 4.69) is 13.8 Å². The van der Waals surface area contributed by atoms with E-state index in [1.807, 2.05) is 30.3 Å². The van der Waals surface area contributed by atoms with Crippen molar-refractivity contribution >= 4 is 5.78 Å². The van der Waals surface area contributed by atoms with Crippen molar-refractivity contribution in [1.82, 2.24) is 0 Å². The molecule has 1 aromatic carbocycles. The lowest BCUT2D eigenvalue weighted by Crippen LogP contribution is -2.27. The van der Waals surface area contributed by atoms with E-state index < -0.39 is 0 Å². The first-order valence-corrected chi connectivity index (χ1v) is 7.91. The molecule has 4 unspecified atom stereocenters. The Hall–Kier alpha value is -1.15. The van der Waals surface area contributed by atoms with Crippen LogP contribution in [0.2, 0.25) is 0 Å². The normalized spacial score (nSPS) is 28.1. The minimum absolute atomic E-state index is 0.0138. The molecule has 2 rings (SSSR count). The van der Waals surface area contributed by atoms with Crippen molar-refractivity contribution in [2.24, 2.45) is 23.5 Å². The zero-order chi connectivity index (χ0) is 14.5. The largest absolute Gasteiger partial charge is 0.324 e. The van der Waals surface area contributed by atoms with E-state index >= 15 is 0 Å². The second-order valence-corrected chi connectivity index (χ2v) is 6.49. The molecule has 0 bridgehead atoms. The van der Waals surface area contributed by atoms with Crippen LogP contribution in [0.1, 0.15) is 57.6 Å². The number of Topliss-reactive ketones (excluding diaryl/α,β-unsaturated/α-hetero) is 1. The quantitative estimate of drug-likeness (QED) is 0.877. The number of hydrogen-bond donors (Lipinski definition) is 1. The maximum absolute atomic E-state index is 12.3. The summed E-state index contributed by atoms with van der Waals surface area (Å²) in [7, 11) is 0. The van der Waals surface area contributed by atoms with Crippen LogP contribution in [-0.4, -0.2) is 5.78 Å². The van der Waals surface area contributed by atoms with E-state index in [1.165, 1.54) is 6.42 Å². The lowest BCUT2D eigenvalue weighted by Gasteiger charge is -2.31.